The van der Waals surface area contributed by atoms with E-state index in [0.29, 0.717) is 5.92 Å². The Balaban J connectivity index is 1.69. The fraction of sp³-hybridized carbons (Fsp3) is 0.281. The summed E-state index contributed by atoms with van der Waals surface area (Å²) >= 11 is 0. The lowest BCUT2D eigenvalue weighted by atomic mass is 9.82. The summed E-state index contributed by atoms with van der Waals surface area (Å²) in [6.07, 6.45) is 2.29. The lowest BCUT2D eigenvalue weighted by Crippen LogP contribution is -2.32. The van der Waals surface area contributed by atoms with Crippen molar-refractivity contribution in [1.82, 2.24) is 0 Å². The molecule has 0 atom stereocenters. The third-order valence-electron chi connectivity index (χ3n) is 7.93. The lowest BCUT2D eigenvalue weighted by molar-refractivity contribution is -0.660. The van der Waals surface area contributed by atoms with E-state index in [9.17, 15) is 0 Å². The summed E-state index contributed by atoms with van der Waals surface area (Å²) in [4.78, 5) is 0. The third kappa shape index (κ3) is 2.72. The van der Waals surface area contributed by atoms with Crippen LogP contribution < -0.4 is 4.57 Å². The normalized spacial score (nSPS) is 14.2. The average Bonchev–Trinajstić information content (AvgIpc) is 3.28. The van der Waals surface area contributed by atoms with Gasteiger partial charge in [-0.2, -0.15) is 0 Å². The highest BCUT2D eigenvalue weighted by Crippen LogP contribution is 2.53. The molecule has 170 valence electrons. The molecule has 0 saturated carbocycles. The largest absolute Gasteiger partial charge is 0.455 e. The van der Waals surface area contributed by atoms with Gasteiger partial charge < -0.3 is 4.42 Å². The zero-order valence-corrected chi connectivity index (χ0v) is 21.2. The molecular formula is C32H32NO+. The van der Waals surface area contributed by atoms with Crippen molar-refractivity contribution in [2.24, 2.45) is 7.05 Å². The molecule has 0 N–H and O–H groups in total. The number of aryl methyl sites for hydroxylation is 3. The number of nitrogens with zero attached hydrogens (tertiary/aromatic N) is 1. The molecule has 6 rings (SSSR count). The second-order valence-corrected chi connectivity index (χ2v) is 10.8. The topological polar surface area (TPSA) is 17.0 Å². The van der Waals surface area contributed by atoms with E-state index >= 15 is 0 Å². The SMILES string of the molecule is Cc1cc(-c2c(C)ccc3c2oc2c4c(ccc23)-c2ccccc2C4(C)C)[n+](C)cc1C(C)C. The van der Waals surface area contributed by atoms with Gasteiger partial charge >= 0.3 is 0 Å². The Morgan fingerprint density at radius 1 is 0.824 bits per heavy atom. The number of rotatable bonds is 2. The third-order valence-corrected chi connectivity index (χ3v) is 7.93. The van der Waals surface area contributed by atoms with Gasteiger partial charge in [0.1, 0.15) is 18.2 Å². The van der Waals surface area contributed by atoms with Crippen molar-refractivity contribution in [2.45, 2.75) is 52.9 Å². The van der Waals surface area contributed by atoms with Crippen molar-refractivity contribution in [3.8, 4) is 22.4 Å². The molecule has 2 aromatic heterocycles. The molecule has 0 amide bonds. The standard InChI is InChI=1S/C32H32NO/c1-18(2)25-17-33(7)27(16-20(25)4)28-19(3)12-13-23-24-15-14-22-21-10-8-9-11-26(21)32(5,6)29(22)31(24)34-30(23)28/h8-18H,1-7H3/q+1. The monoisotopic (exact) mass is 446 g/mol. The fourth-order valence-electron chi connectivity index (χ4n) is 6.19. The molecule has 0 saturated heterocycles. The van der Waals surface area contributed by atoms with Crippen LogP contribution in [0.4, 0.5) is 0 Å². The minimum absolute atomic E-state index is 0.102. The van der Waals surface area contributed by atoms with Crippen molar-refractivity contribution >= 4 is 21.9 Å². The number of furan rings is 1. The Labute approximate surface area is 201 Å². The van der Waals surface area contributed by atoms with Crippen molar-refractivity contribution < 1.29 is 8.98 Å². The van der Waals surface area contributed by atoms with E-state index in [-0.39, 0.29) is 5.41 Å². The van der Waals surface area contributed by atoms with E-state index in [0.717, 1.165) is 11.2 Å². The summed E-state index contributed by atoms with van der Waals surface area (Å²) in [6.45, 7) is 13.6. The van der Waals surface area contributed by atoms with Gasteiger partial charge in [0, 0.05) is 33.4 Å². The van der Waals surface area contributed by atoms with Gasteiger partial charge in [-0.3, -0.25) is 0 Å². The lowest BCUT2D eigenvalue weighted by Gasteiger charge is -2.21. The van der Waals surface area contributed by atoms with Crippen molar-refractivity contribution in [3.05, 3.63) is 88.6 Å². The molecule has 0 unspecified atom stereocenters. The van der Waals surface area contributed by atoms with Crippen LogP contribution in [-0.2, 0) is 12.5 Å². The van der Waals surface area contributed by atoms with Gasteiger partial charge in [-0.1, -0.05) is 70.2 Å². The Morgan fingerprint density at radius 2 is 1.53 bits per heavy atom. The number of hydrogen-bond donors (Lipinski definition) is 0. The molecule has 34 heavy (non-hydrogen) atoms. The van der Waals surface area contributed by atoms with Gasteiger partial charge in [0.05, 0.1) is 5.56 Å². The summed E-state index contributed by atoms with van der Waals surface area (Å²) in [6, 6.07) is 20.1. The fourth-order valence-corrected chi connectivity index (χ4v) is 6.19. The predicted octanol–water partition coefficient (Wildman–Crippen LogP) is 8.12. The van der Waals surface area contributed by atoms with E-state index in [1.807, 2.05) is 0 Å². The maximum absolute atomic E-state index is 6.89. The number of benzene rings is 3. The first-order chi connectivity index (χ1) is 16.2. The zero-order valence-electron chi connectivity index (χ0n) is 21.2. The minimum Gasteiger partial charge on any atom is -0.455 e. The van der Waals surface area contributed by atoms with E-state index in [1.54, 1.807) is 0 Å². The van der Waals surface area contributed by atoms with E-state index in [2.05, 4.69) is 114 Å². The molecule has 2 nitrogen and oxygen atoms in total. The minimum atomic E-state index is -0.102. The average molecular weight is 447 g/mol. The van der Waals surface area contributed by atoms with Gasteiger partial charge in [0.25, 0.3) is 0 Å². The van der Waals surface area contributed by atoms with Crippen LogP contribution in [-0.4, -0.2) is 0 Å². The summed E-state index contributed by atoms with van der Waals surface area (Å²) < 4.78 is 9.15. The van der Waals surface area contributed by atoms with Gasteiger partial charge in [-0.05, 0) is 53.6 Å². The first kappa shape index (κ1) is 21.2. The molecule has 0 bridgehead atoms. The van der Waals surface area contributed by atoms with Crippen LogP contribution in [0, 0.1) is 13.8 Å². The molecule has 0 radical (unpaired) electrons. The Bertz CT molecular complexity index is 1630. The first-order valence-corrected chi connectivity index (χ1v) is 12.3. The number of pyridine rings is 1. The molecule has 2 heterocycles. The van der Waals surface area contributed by atoms with E-state index in [4.69, 9.17) is 4.42 Å². The highest BCUT2D eigenvalue weighted by atomic mass is 16.3. The van der Waals surface area contributed by atoms with Crippen LogP contribution in [0.2, 0.25) is 0 Å². The number of aromatic nitrogens is 1. The van der Waals surface area contributed by atoms with Gasteiger partial charge in [0.2, 0.25) is 5.69 Å². The van der Waals surface area contributed by atoms with Crippen LogP contribution in [0.15, 0.2) is 65.2 Å². The van der Waals surface area contributed by atoms with E-state index in [1.165, 1.54) is 61.0 Å². The van der Waals surface area contributed by atoms with Gasteiger partial charge in [0.15, 0.2) is 6.20 Å². The molecule has 1 aliphatic rings. The maximum atomic E-state index is 6.89. The number of fused-ring (bicyclic) bond motifs is 7. The van der Waals surface area contributed by atoms with E-state index < -0.39 is 0 Å². The molecule has 0 spiro atoms. The summed E-state index contributed by atoms with van der Waals surface area (Å²) in [5.41, 5.74) is 13.6. The Hall–Kier alpha value is -3.39. The predicted molar refractivity (Wildman–Crippen MR) is 141 cm³/mol. The van der Waals surface area contributed by atoms with Gasteiger partial charge in [-0.15, -0.1) is 0 Å². The van der Waals surface area contributed by atoms with Crippen LogP contribution in [0.1, 0.15) is 61.4 Å². The van der Waals surface area contributed by atoms with Crippen molar-refractivity contribution in [1.29, 1.82) is 0 Å². The zero-order chi connectivity index (χ0) is 23.9. The quantitative estimate of drug-likeness (QED) is 0.250. The molecule has 2 heteroatoms. The van der Waals surface area contributed by atoms with Gasteiger partial charge in [-0.25, -0.2) is 4.57 Å². The molecule has 1 aliphatic carbocycles. The molecular weight excluding hydrogens is 414 g/mol. The molecule has 0 fully saturated rings. The number of hydrogen-bond acceptors (Lipinski definition) is 1. The molecule has 5 aromatic rings. The summed E-state index contributed by atoms with van der Waals surface area (Å²) in [5, 5.41) is 2.39. The highest BCUT2D eigenvalue weighted by Gasteiger charge is 2.38. The summed E-state index contributed by atoms with van der Waals surface area (Å²) in [7, 11) is 2.15. The smallest absolute Gasteiger partial charge is 0.216 e. The van der Waals surface area contributed by atoms with Crippen LogP contribution >= 0.6 is 0 Å². The van der Waals surface area contributed by atoms with Crippen LogP contribution in [0.3, 0.4) is 0 Å². The van der Waals surface area contributed by atoms with Crippen molar-refractivity contribution in [2.75, 3.05) is 0 Å². The van der Waals surface area contributed by atoms with Crippen LogP contribution in [0.5, 0.6) is 0 Å². The summed E-state index contributed by atoms with van der Waals surface area (Å²) in [5.74, 6) is 0.495. The molecule has 0 aliphatic heterocycles. The Morgan fingerprint density at radius 3 is 2.29 bits per heavy atom. The molecule has 3 aromatic carbocycles. The highest BCUT2D eigenvalue weighted by molar-refractivity contribution is 6.12. The second-order valence-electron chi connectivity index (χ2n) is 10.8. The van der Waals surface area contributed by atoms with Crippen LogP contribution in [0.25, 0.3) is 44.3 Å². The first-order valence-electron chi connectivity index (χ1n) is 12.3. The second kappa shape index (κ2) is 7.06. The van der Waals surface area contributed by atoms with Crippen molar-refractivity contribution in [3.63, 3.8) is 0 Å². The Kier molecular flexibility index (Phi) is 4.39. The maximum Gasteiger partial charge on any atom is 0.216 e.